The number of rotatable bonds is 10. The Hall–Kier alpha value is -3.09. The molecule has 3 heterocycles. The fourth-order valence-electron chi connectivity index (χ4n) is 8.75. The first-order chi connectivity index (χ1) is 21.2. The normalized spacial score (nSPS) is 25.5. The molecule has 2 aromatic carbocycles. The van der Waals surface area contributed by atoms with E-state index < -0.39 is 11.5 Å². The number of likely N-dealkylation sites (tertiary alicyclic amines) is 2. The zero-order chi connectivity index (χ0) is 30.9. The number of methoxy groups -OCH3 is 1. The molecule has 3 atom stereocenters. The summed E-state index contributed by atoms with van der Waals surface area (Å²) in [5.41, 5.74) is -0.0648. The highest BCUT2D eigenvalue weighted by molar-refractivity contribution is 5.69. The highest BCUT2D eigenvalue weighted by Crippen LogP contribution is 2.54. The molecule has 0 amide bonds. The fourth-order valence-corrected chi connectivity index (χ4v) is 8.75. The minimum atomic E-state index is -1.38. The number of esters is 1. The molecule has 1 aliphatic carbocycles. The van der Waals surface area contributed by atoms with Crippen molar-refractivity contribution in [1.29, 1.82) is 5.26 Å². The molecule has 6 rings (SSSR count). The maximum absolute atomic E-state index is 15.9. The van der Waals surface area contributed by atoms with Gasteiger partial charge in [-0.1, -0.05) is 18.6 Å². The summed E-state index contributed by atoms with van der Waals surface area (Å²) in [5.74, 6) is -0.293. The van der Waals surface area contributed by atoms with E-state index in [0.29, 0.717) is 18.7 Å². The van der Waals surface area contributed by atoms with E-state index in [0.717, 1.165) is 70.4 Å². The Bertz CT molecular complexity index is 1380. The molecule has 0 aromatic heterocycles. The van der Waals surface area contributed by atoms with E-state index in [2.05, 4.69) is 15.9 Å². The second-order valence-electron chi connectivity index (χ2n) is 13.6. The van der Waals surface area contributed by atoms with E-state index in [1.54, 1.807) is 12.1 Å². The number of carbonyl (C=O) groups is 1. The van der Waals surface area contributed by atoms with E-state index in [4.69, 9.17) is 10.00 Å². The van der Waals surface area contributed by atoms with Gasteiger partial charge in [0, 0.05) is 30.6 Å². The van der Waals surface area contributed by atoms with Crippen LogP contribution in [-0.2, 0) is 14.9 Å². The number of nitrogens with zero attached hydrogens (tertiary/aromatic N) is 4. The first kappa shape index (κ1) is 30.9. The van der Waals surface area contributed by atoms with Gasteiger partial charge in [-0.2, -0.15) is 5.26 Å². The lowest BCUT2D eigenvalue weighted by molar-refractivity contribution is -0.142. The average Bonchev–Trinajstić information content (AvgIpc) is 3.44. The molecule has 3 saturated heterocycles. The van der Waals surface area contributed by atoms with Crippen molar-refractivity contribution >= 4 is 11.7 Å². The van der Waals surface area contributed by atoms with Crippen molar-refractivity contribution in [1.82, 2.24) is 9.80 Å². The number of halogens is 3. The Kier molecular flexibility index (Phi) is 8.94. The van der Waals surface area contributed by atoms with Crippen molar-refractivity contribution in [2.24, 2.45) is 17.8 Å². The Morgan fingerprint density at radius 1 is 1.02 bits per heavy atom. The van der Waals surface area contributed by atoms with Crippen molar-refractivity contribution in [2.45, 2.75) is 56.0 Å². The summed E-state index contributed by atoms with van der Waals surface area (Å²) >= 11 is 0. The molecule has 3 aliphatic heterocycles. The van der Waals surface area contributed by atoms with Gasteiger partial charge in [0.05, 0.1) is 25.8 Å². The number of hydrogen-bond donors (Lipinski definition) is 0. The molecule has 9 heteroatoms. The maximum Gasteiger partial charge on any atom is 0.305 e. The van der Waals surface area contributed by atoms with Crippen LogP contribution in [0.5, 0.6) is 0 Å². The molecule has 0 unspecified atom stereocenters. The van der Waals surface area contributed by atoms with Crippen LogP contribution >= 0.6 is 0 Å². The van der Waals surface area contributed by atoms with Crippen LogP contribution in [0, 0.1) is 40.7 Å². The van der Waals surface area contributed by atoms with E-state index in [1.807, 2.05) is 17.0 Å². The minimum Gasteiger partial charge on any atom is -0.469 e. The Morgan fingerprint density at radius 2 is 1.80 bits per heavy atom. The summed E-state index contributed by atoms with van der Waals surface area (Å²) in [6, 6.07) is 13.4. The van der Waals surface area contributed by atoms with Gasteiger partial charge in [0.25, 0.3) is 0 Å². The summed E-state index contributed by atoms with van der Waals surface area (Å²) in [5, 5.41) is 9.00. The van der Waals surface area contributed by atoms with Crippen molar-refractivity contribution in [3.05, 3.63) is 65.2 Å². The molecule has 1 saturated carbocycles. The highest BCUT2D eigenvalue weighted by atomic mass is 19.1. The second kappa shape index (κ2) is 12.7. The number of nitriles is 1. The number of piperidine rings is 1. The topological polar surface area (TPSA) is 59.8 Å². The Balaban J connectivity index is 1.19. The number of ether oxygens (including phenoxy) is 1. The molecule has 0 spiro atoms. The van der Waals surface area contributed by atoms with Gasteiger partial charge in [-0.25, -0.2) is 13.2 Å². The van der Waals surface area contributed by atoms with Crippen LogP contribution in [0.3, 0.4) is 0 Å². The van der Waals surface area contributed by atoms with Gasteiger partial charge in [0.15, 0.2) is 5.67 Å². The van der Waals surface area contributed by atoms with E-state index in [-0.39, 0.29) is 53.6 Å². The van der Waals surface area contributed by atoms with Gasteiger partial charge in [-0.3, -0.25) is 9.69 Å². The van der Waals surface area contributed by atoms with Crippen LogP contribution in [0.2, 0.25) is 0 Å². The predicted molar refractivity (Wildman–Crippen MR) is 163 cm³/mol. The van der Waals surface area contributed by atoms with Gasteiger partial charge >= 0.3 is 5.97 Å². The molecular weight excluding hydrogens is 565 g/mol. The van der Waals surface area contributed by atoms with Crippen LogP contribution in [-0.4, -0.2) is 80.9 Å². The summed E-state index contributed by atoms with van der Waals surface area (Å²) in [7, 11) is 1.45. The smallest absolute Gasteiger partial charge is 0.305 e. The molecule has 0 N–H and O–H groups in total. The van der Waals surface area contributed by atoms with Gasteiger partial charge < -0.3 is 14.5 Å². The molecule has 4 fully saturated rings. The van der Waals surface area contributed by atoms with Crippen molar-refractivity contribution in [3.63, 3.8) is 0 Å². The van der Waals surface area contributed by atoms with E-state index in [9.17, 15) is 13.6 Å². The van der Waals surface area contributed by atoms with Crippen molar-refractivity contribution in [2.75, 3.05) is 64.4 Å². The van der Waals surface area contributed by atoms with Crippen LogP contribution in [0.25, 0.3) is 0 Å². The summed E-state index contributed by atoms with van der Waals surface area (Å²) < 4.78 is 50.0. The van der Waals surface area contributed by atoms with E-state index in [1.165, 1.54) is 31.7 Å². The number of hydrogen-bond acceptors (Lipinski definition) is 6. The minimum absolute atomic E-state index is 0.0127. The lowest BCUT2D eigenvalue weighted by Gasteiger charge is -2.54. The monoisotopic (exact) mass is 608 g/mol. The van der Waals surface area contributed by atoms with Gasteiger partial charge in [0.2, 0.25) is 0 Å². The third kappa shape index (κ3) is 6.08. The van der Waals surface area contributed by atoms with Crippen molar-refractivity contribution < 1.29 is 22.7 Å². The number of alkyl halides is 1. The standard InChI is InChI=1S/C35H43F3N4O2/c1-44-33(43)17-25-5-2-8-31(25)35(24-40-13-4-14-40,28-6-3-7-29(36)18-28)27-11-15-41(16-12-27)21-34(38)22-42(23-34)30-10-9-26(20-39)32(37)19-30/h3,6-7,9-10,18-19,25,27,31H,2,4-5,8,11-17,21-24H2,1H3/t25-,31+,35+/m1/s1. The first-order valence-electron chi connectivity index (χ1n) is 16.1. The lowest BCUT2D eigenvalue weighted by Crippen LogP contribution is -2.65. The van der Waals surface area contributed by atoms with Crippen LogP contribution in [0.1, 0.15) is 56.1 Å². The molecular formula is C35H43F3N4O2. The van der Waals surface area contributed by atoms with Gasteiger partial charge in [-0.05, 0) is 112 Å². The van der Waals surface area contributed by atoms with Crippen LogP contribution < -0.4 is 4.90 Å². The maximum atomic E-state index is 15.9. The zero-order valence-corrected chi connectivity index (χ0v) is 25.6. The molecule has 236 valence electrons. The number of anilines is 1. The summed E-state index contributed by atoms with van der Waals surface area (Å²) in [4.78, 5) is 19.0. The predicted octanol–water partition coefficient (Wildman–Crippen LogP) is 5.70. The van der Waals surface area contributed by atoms with Crippen molar-refractivity contribution in [3.8, 4) is 6.07 Å². The Morgan fingerprint density at radius 3 is 2.43 bits per heavy atom. The average molecular weight is 609 g/mol. The third-order valence-corrected chi connectivity index (χ3v) is 11.0. The van der Waals surface area contributed by atoms with Gasteiger partial charge in [-0.15, -0.1) is 0 Å². The fraction of sp³-hybridized carbons (Fsp3) is 0.600. The highest BCUT2D eigenvalue weighted by Gasteiger charge is 2.53. The van der Waals surface area contributed by atoms with Crippen LogP contribution in [0.4, 0.5) is 18.9 Å². The largest absolute Gasteiger partial charge is 0.469 e. The van der Waals surface area contributed by atoms with E-state index >= 15 is 4.39 Å². The molecule has 2 aromatic rings. The molecule has 0 radical (unpaired) electrons. The zero-order valence-electron chi connectivity index (χ0n) is 25.6. The molecule has 44 heavy (non-hydrogen) atoms. The van der Waals surface area contributed by atoms with Crippen LogP contribution in [0.15, 0.2) is 42.5 Å². The molecule has 4 aliphatic rings. The molecule has 6 nitrogen and oxygen atoms in total. The van der Waals surface area contributed by atoms with Gasteiger partial charge in [0.1, 0.15) is 17.7 Å². The Labute approximate surface area is 258 Å². The number of carbonyl (C=O) groups excluding carboxylic acids is 1. The summed E-state index contributed by atoms with van der Waals surface area (Å²) in [6.07, 6.45) is 6.34. The summed E-state index contributed by atoms with van der Waals surface area (Å²) in [6.45, 7) is 5.15. The third-order valence-electron chi connectivity index (χ3n) is 11.0. The first-order valence-corrected chi connectivity index (χ1v) is 16.1. The SMILES string of the molecule is COC(=O)C[C@H]1CCC[C@@H]1[C@](CN1CCC1)(c1cccc(F)c1)C1CCN(CC2(F)CN(c3ccc(C#N)c(F)c3)C2)CC1. The number of benzene rings is 2. The molecule has 0 bridgehead atoms. The lowest BCUT2D eigenvalue weighted by atomic mass is 9.56. The second-order valence-corrected chi connectivity index (χ2v) is 13.6. The quantitative estimate of drug-likeness (QED) is 0.323.